The lowest BCUT2D eigenvalue weighted by Gasteiger charge is -2.14. The molecule has 26 heavy (non-hydrogen) atoms. The Hall–Kier alpha value is -2.67. The number of nitrogens with zero attached hydrogens (tertiary/aromatic N) is 3. The molecule has 0 aliphatic heterocycles. The smallest absolute Gasteiger partial charge is 0.230 e. The van der Waals surface area contributed by atoms with E-state index in [0.717, 1.165) is 11.3 Å². The van der Waals surface area contributed by atoms with Crippen molar-refractivity contribution in [1.82, 2.24) is 20.1 Å². The van der Waals surface area contributed by atoms with Crippen molar-refractivity contribution in [3.05, 3.63) is 71.8 Å². The number of aryl methyl sites for hydroxylation is 1. The second-order valence-corrected chi connectivity index (χ2v) is 6.89. The average Bonchev–Trinajstić information content (AvgIpc) is 3.09. The van der Waals surface area contributed by atoms with Gasteiger partial charge in [-0.25, -0.2) is 4.39 Å². The maximum atomic E-state index is 13.3. The lowest BCUT2D eigenvalue weighted by molar-refractivity contribution is -0.119. The van der Waals surface area contributed by atoms with Crippen molar-refractivity contribution in [1.29, 1.82) is 0 Å². The van der Waals surface area contributed by atoms with Gasteiger partial charge >= 0.3 is 0 Å². The number of hydrogen-bond donors (Lipinski definition) is 1. The number of carbonyl (C=O) groups excluding carboxylic acids is 1. The number of amides is 1. The third-order valence-electron chi connectivity index (χ3n) is 3.89. The van der Waals surface area contributed by atoms with E-state index in [2.05, 4.69) is 15.5 Å². The first kappa shape index (κ1) is 18.1. The van der Waals surface area contributed by atoms with Gasteiger partial charge in [0.2, 0.25) is 5.91 Å². The van der Waals surface area contributed by atoms with Crippen LogP contribution in [0.1, 0.15) is 24.1 Å². The first-order chi connectivity index (χ1) is 12.5. The van der Waals surface area contributed by atoms with Gasteiger partial charge in [0.05, 0.1) is 11.8 Å². The van der Waals surface area contributed by atoms with E-state index in [-0.39, 0.29) is 23.5 Å². The summed E-state index contributed by atoms with van der Waals surface area (Å²) in [5.41, 5.74) is 2.84. The van der Waals surface area contributed by atoms with Crippen molar-refractivity contribution in [2.75, 3.05) is 5.75 Å². The standard InChI is InChI=1S/C19H19FN4OS/c1-13-6-8-17(9-7-13)24-12-21-23-19(24)26-11-18(25)22-14(2)15-4-3-5-16(20)10-15/h3-10,12,14H,11H2,1-2H3,(H,22,25)/t14-/m0/s1. The molecule has 0 fully saturated rings. The van der Waals surface area contributed by atoms with Crippen LogP contribution < -0.4 is 5.32 Å². The quantitative estimate of drug-likeness (QED) is 0.673. The maximum absolute atomic E-state index is 13.3. The van der Waals surface area contributed by atoms with Crippen LogP contribution in [0, 0.1) is 12.7 Å². The average molecular weight is 370 g/mol. The second kappa shape index (κ2) is 8.14. The zero-order valence-corrected chi connectivity index (χ0v) is 15.3. The molecule has 0 spiro atoms. The highest BCUT2D eigenvalue weighted by atomic mass is 32.2. The van der Waals surface area contributed by atoms with Gasteiger partial charge in [0.15, 0.2) is 5.16 Å². The Morgan fingerprint density at radius 2 is 2.04 bits per heavy atom. The Balaban J connectivity index is 1.60. The van der Waals surface area contributed by atoms with Gasteiger partial charge in [-0.3, -0.25) is 9.36 Å². The second-order valence-electron chi connectivity index (χ2n) is 5.95. The molecule has 0 aliphatic rings. The van der Waals surface area contributed by atoms with Gasteiger partial charge in [-0.2, -0.15) is 0 Å². The molecule has 1 N–H and O–H groups in total. The van der Waals surface area contributed by atoms with Gasteiger partial charge in [0, 0.05) is 5.69 Å². The summed E-state index contributed by atoms with van der Waals surface area (Å²) < 4.78 is 15.1. The van der Waals surface area contributed by atoms with E-state index in [0.29, 0.717) is 5.16 Å². The van der Waals surface area contributed by atoms with Gasteiger partial charge in [-0.15, -0.1) is 10.2 Å². The monoisotopic (exact) mass is 370 g/mol. The number of hydrogen-bond acceptors (Lipinski definition) is 4. The van der Waals surface area contributed by atoms with Crippen LogP contribution in [0.3, 0.4) is 0 Å². The number of nitrogens with one attached hydrogen (secondary N) is 1. The molecule has 134 valence electrons. The molecule has 0 bridgehead atoms. The minimum atomic E-state index is -0.316. The summed E-state index contributed by atoms with van der Waals surface area (Å²) in [6, 6.07) is 13.9. The van der Waals surface area contributed by atoms with Crippen LogP contribution in [0.25, 0.3) is 5.69 Å². The maximum Gasteiger partial charge on any atom is 0.230 e. The molecule has 3 rings (SSSR count). The summed E-state index contributed by atoms with van der Waals surface area (Å²) in [5, 5.41) is 11.5. The van der Waals surface area contributed by atoms with E-state index in [1.165, 1.54) is 29.5 Å². The highest BCUT2D eigenvalue weighted by molar-refractivity contribution is 7.99. The SMILES string of the molecule is Cc1ccc(-n2cnnc2SCC(=O)N[C@@H](C)c2cccc(F)c2)cc1. The summed E-state index contributed by atoms with van der Waals surface area (Å²) >= 11 is 1.30. The zero-order valence-electron chi connectivity index (χ0n) is 14.5. The van der Waals surface area contributed by atoms with Crippen LogP contribution in [0.2, 0.25) is 0 Å². The van der Waals surface area contributed by atoms with Crippen LogP contribution >= 0.6 is 11.8 Å². The van der Waals surface area contributed by atoms with Gasteiger partial charge in [-0.1, -0.05) is 41.6 Å². The Labute approximate surface area is 155 Å². The summed E-state index contributed by atoms with van der Waals surface area (Å²) in [5.74, 6) is -0.265. The fourth-order valence-corrected chi connectivity index (χ4v) is 3.22. The van der Waals surface area contributed by atoms with E-state index in [1.54, 1.807) is 18.5 Å². The molecule has 1 aromatic heterocycles. The molecular weight excluding hydrogens is 351 g/mol. The topological polar surface area (TPSA) is 59.8 Å². The highest BCUT2D eigenvalue weighted by Gasteiger charge is 2.13. The number of benzene rings is 2. The van der Waals surface area contributed by atoms with Gasteiger partial charge in [-0.05, 0) is 43.7 Å². The Morgan fingerprint density at radius 3 is 2.77 bits per heavy atom. The summed E-state index contributed by atoms with van der Waals surface area (Å²) in [6.45, 7) is 3.85. The van der Waals surface area contributed by atoms with E-state index < -0.39 is 0 Å². The summed E-state index contributed by atoms with van der Waals surface area (Å²) in [7, 11) is 0. The van der Waals surface area contributed by atoms with Crippen molar-refractivity contribution in [3.8, 4) is 5.69 Å². The van der Waals surface area contributed by atoms with Crippen molar-refractivity contribution in [2.24, 2.45) is 0 Å². The fourth-order valence-electron chi connectivity index (χ4n) is 2.48. The van der Waals surface area contributed by atoms with Gasteiger partial charge < -0.3 is 5.32 Å². The number of thioether (sulfide) groups is 1. The third kappa shape index (κ3) is 4.49. The lowest BCUT2D eigenvalue weighted by atomic mass is 10.1. The van der Waals surface area contributed by atoms with Crippen LogP contribution in [-0.2, 0) is 4.79 Å². The van der Waals surface area contributed by atoms with Crippen LogP contribution in [0.5, 0.6) is 0 Å². The summed E-state index contributed by atoms with van der Waals surface area (Å²) in [6.07, 6.45) is 1.63. The van der Waals surface area contributed by atoms with Crippen molar-refractivity contribution < 1.29 is 9.18 Å². The minimum Gasteiger partial charge on any atom is -0.349 e. The van der Waals surface area contributed by atoms with Crippen molar-refractivity contribution in [3.63, 3.8) is 0 Å². The molecule has 2 aromatic carbocycles. The Bertz CT molecular complexity index is 895. The lowest BCUT2D eigenvalue weighted by Crippen LogP contribution is -2.28. The van der Waals surface area contributed by atoms with E-state index >= 15 is 0 Å². The fraction of sp³-hybridized carbons (Fsp3) is 0.211. The number of halogens is 1. The van der Waals surface area contributed by atoms with E-state index in [9.17, 15) is 9.18 Å². The Kier molecular flexibility index (Phi) is 5.68. The first-order valence-electron chi connectivity index (χ1n) is 8.17. The van der Waals surface area contributed by atoms with Crippen molar-refractivity contribution >= 4 is 17.7 Å². The van der Waals surface area contributed by atoms with Gasteiger partial charge in [0.1, 0.15) is 12.1 Å². The molecule has 3 aromatic rings. The molecular formula is C19H19FN4OS. The molecule has 0 aliphatic carbocycles. The minimum absolute atomic E-state index is 0.148. The molecule has 0 radical (unpaired) electrons. The van der Waals surface area contributed by atoms with Crippen molar-refractivity contribution in [2.45, 2.75) is 25.0 Å². The number of rotatable bonds is 6. The predicted octanol–water partition coefficient (Wildman–Crippen LogP) is 3.68. The molecule has 0 saturated carbocycles. The molecule has 1 heterocycles. The zero-order chi connectivity index (χ0) is 18.5. The van der Waals surface area contributed by atoms with E-state index in [1.807, 2.05) is 42.7 Å². The van der Waals surface area contributed by atoms with Crippen LogP contribution in [0.4, 0.5) is 4.39 Å². The molecule has 7 heteroatoms. The molecule has 5 nitrogen and oxygen atoms in total. The van der Waals surface area contributed by atoms with Crippen LogP contribution in [0.15, 0.2) is 60.0 Å². The van der Waals surface area contributed by atoms with E-state index in [4.69, 9.17) is 0 Å². The molecule has 0 saturated heterocycles. The number of aromatic nitrogens is 3. The van der Waals surface area contributed by atoms with Crippen LogP contribution in [-0.4, -0.2) is 26.4 Å². The first-order valence-corrected chi connectivity index (χ1v) is 9.16. The molecule has 0 unspecified atom stereocenters. The van der Waals surface area contributed by atoms with Gasteiger partial charge in [0.25, 0.3) is 0 Å². The normalized spacial score (nSPS) is 12.0. The predicted molar refractivity (Wildman–Crippen MR) is 99.8 cm³/mol. The Morgan fingerprint density at radius 1 is 1.27 bits per heavy atom. The third-order valence-corrected chi connectivity index (χ3v) is 4.83. The highest BCUT2D eigenvalue weighted by Crippen LogP contribution is 2.20. The summed E-state index contributed by atoms with van der Waals surface area (Å²) in [4.78, 5) is 12.2. The molecule has 1 atom stereocenters. The molecule has 1 amide bonds. The largest absolute Gasteiger partial charge is 0.349 e. The number of carbonyl (C=O) groups is 1.